The minimum Gasteiger partial charge on any atom is -0.490 e. The number of carbonyl (C=O) groups is 1. The zero-order chi connectivity index (χ0) is 15.8. The molecule has 118 valence electrons. The van der Waals surface area contributed by atoms with Crippen LogP contribution in [0.1, 0.15) is 31.2 Å². The molecule has 1 heterocycles. The summed E-state index contributed by atoms with van der Waals surface area (Å²) in [4.78, 5) is 13.1. The smallest absolute Gasteiger partial charge is 0.258 e. The first kappa shape index (κ1) is 16.4. The van der Waals surface area contributed by atoms with Crippen LogP contribution in [0.4, 0.5) is 0 Å². The molecule has 0 saturated heterocycles. The van der Waals surface area contributed by atoms with E-state index in [0.717, 1.165) is 11.3 Å². The Morgan fingerprint density at radius 3 is 2.55 bits per heavy atom. The zero-order valence-electron chi connectivity index (χ0n) is 12.9. The van der Waals surface area contributed by atoms with Crippen LogP contribution >= 0.6 is 11.3 Å². The third-order valence-corrected chi connectivity index (χ3v) is 4.07. The number of nitrogens with one attached hydrogen (secondary N) is 1. The summed E-state index contributed by atoms with van der Waals surface area (Å²) >= 11 is 1.62. The Bertz CT molecular complexity index is 583. The van der Waals surface area contributed by atoms with Gasteiger partial charge in [-0.25, -0.2) is 0 Å². The van der Waals surface area contributed by atoms with Gasteiger partial charge in [0, 0.05) is 4.88 Å². The summed E-state index contributed by atoms with van der Waals surface area (Å²) in [7, 11) is 0. The highest BCUT2D eigenvalue weighted by atomic mass is 32.1. The van der Waals surface area contributed by atoms with Crippen LogP contribution in [0, 0.1) is 0 Å². The predicted octanol–water partition coefficient (Wildman–Crippen LogP) is 3.79. The molecule has 5 heteroatoms. The molecule has 22 heavy (non-hydrogen) atoms. The minimum atomic E-state index is -0.147. The van der Waals surface area contributed by atoms with E-state index in [2.05, 4.69) is 5.32 Å². The van der Waals surface area contributed by atoms with Gasteiger partial charge in [0.05, 0.1) is 12.6 Å². The molecular formula is C17H21NO3S. The van der Waals surface area contributed by atoms with Crippen LogP contribution in [0.3, 0.4) is 0 Å². The van der Waals surface area contributed by atoms with Crippen LogP contribution in [-0.2, 0) is 4.79 Å². The zero-order valence-corrected chi connectivity index (χ0v) is 13.7. The highest BCUT2D eigenvalue weighted by molar-refractivity contribution is 7.10. The maximum atomic E-state index is 12.0. The summed E-state index contributed by atoms with van der Waals surface area (Å²) in [6.45, 7) is 4.61. The van der Waals surface area contributed by atoms with Gasteiger partial charge >= 0.3 is 0 Å². The Morgan fingerprint density at radius 1 is 1.18 bits per heavy atom. The minimum absolute atomic E-state index is 0.0114. The lowest BCUT2D eigenvalue weighted by molar-refractivity contribution is -0.123. The van der Waals surface area contributed by atoms with Gasteiger partial charge in [0.1, 0.15) is 0 Å². The van der Waals surface area contributed by atoms with E-state index in [1.807, 2.05) is 49.6 Å². The van der Waals surface area contributed by atoms with E-state index in [1.54, 1.807) is 17.4 Å². The van der Waals surface area contributed by atoms with E-state index in [9.17, 15) is 4.79 Å². The number of carbonyl (C=O) groups excluding carboxylic acids is 1. The van der Waals surface area contributed by atoms with Gasteiger partial charge in [-0.15, -0.1) is 11.3 Å². The molecule has 1 aromatic carbocycles. The van der Waals surface area contributed by atoms with Crippen molar-refractivity contribution in [3.63, 3.8) is 0 Å². The third kappa shape index (κ3) is 4.77. The molecular weight excluding hydrogens is 298 g/mol. The maximum absolute atomic E-state index is 12.0. The van der Waals surface area contributed by atoms with E-state index >= 15 is 0 Å². The molecule has 0 spiro atoms. The number of para-hydroxylation sites is 2. The topological polar surface area (TPSA) is 47.6 Å². The van der Waals surface area contributed by atoms with Gasteiger partial charge in [-0.1, -0.05) is 25.1 Å². The van der Waals surface area contributed by atoms with Crippen LogP contribution < -0.4 is 14.8 Å². The van der Waals surface area contributed by atoms with Crippen molar-refractivity contribution in [3.8, 4) is 11.5 Å². The largest absolute Gasteiger partial charge is 0.490 e. The van der Waals surface area contributed by atoms with Crippen molar-refractivity contribution in [2.45, 2.75) is 26.3 Å². The van der Waals surface area contributed by atoms with E-state index in [0.29, 0.717) is 18.1 Å². The van der Waals surface area contributed by atoms with Crippen LogP contribution in [0.15, 0.2) is 41.8 Å². The number of thiophene rings is 1. The molecule has 0 aliphatic rings. The molecule has 0 aliphatic heterocycles. The number of amides is 1. The third-order valence-electron chi connectivity index (χ3n) is 3.02. The first-order chi connectivity index (χ1) is 10.7. The molecule has 0 aliphatic carbocycles. The fourth-order valence-corrected chi connectivity index (χ4v) is 2.67. The molecule has 1 aromatic heterocycles. The monoisotopic (exact) mass is 319 g/mol. The molecule has 1 N–H and O–H groups in total. The van der Waals surface area contributed by atoms with Crippen molar-refractivity contribution >= 4 is 17.2 Å². The van der Waals surface area contributed by atoms with E-state index in [1.165, 1.54) is 0 Å². The molecule has 1 unspecified atom stereocenters. The van der Waals surface area contributed by atoms with Crippen molar-refractivity contribution in [2.24, 2.45) is 0 Å². The van der Waals surface area contributed by atoms with Crippen molar-refractivity contribution in [1.82, 2.24) is 5.32 Å². The average Bonchev–Trinajstić information content (AvgIpc) is 3.06. The lowest BCUT2D eigenvalue weighted by Crippen LogP contribution is -2.30. The molecule has 1 amide bonds. The molecule has 2 rings (SSSR count). The first-order valence-corrected chi connectivity index (χ1v) is 8.26. The highest BCUT2D eigenvalue weighted by Crippen LogP contribution is 2.26. The van der Waals surface area contributed by atoms with E-state index < -0.39 is 0 Å². The van der Waals surface area contributed by atoms with Gasteiger partial charge in [-0.05, 0) is 36.9 Å². The summed E-state index contributed by atoms with van der Waals surface area (Å²) in [5, 5.41) is 4.92. The van der Waals surface area contributed by atoms with Crippen LogP contribution in [-0.4, -0.2) is 19.1 Å². The standard InChI is InChI=1S/C17H21NO3S/c1-3-10-20-14-7-4-5-8-15(14)21-12-17(19)18-13(2)16-9-6-11-22-16/h4-9,11,13H,3,10,12H2,1-2H3,(H,18,19). The molecule has 2 aromatic rings. The Labute approximate surface area is 135 Å². The van der Waals surface area contributed by atoms with E-state index in [4.69, 9.17) is 9.47 Å². The van der Waals surface area contributed by atoms with Gasteiger partial charge in [0.2, 0.25) is 0 Å². The fourth-order valence-electron chi connectivity index (χ4n) is 1.94. The second-order valence-electron chi connectivity index (χ2n) is 4.89. The maximum Gasteiger partial charge on any atom is 0.258 e. The molecule has 1 atom stereocenters. The second kappa shape index (κ2) is 8.44. The van der Waals surface area contributed by atoms with Gasteiger partial charge in [0.15, 0.2) is 18.1 Å². The van der Waals surface area contributed by atoms with Crippen molar-refractivity contribution < 1.29 is 14.3 Å². The Kier molecular flexibility index (Phi) is 6.27. The van der Waals surface area contributed by atoms with Crippen molar-refractivity contribution in [3.05, 3.63) is 46.7 Å². The second-order valence-corrected chi connectivity index (χ2v) is 5.87. The number of hydrogen-bond donors (Lipinski definition) is 1. The van der Waals surface area contributed by atoms with Gasteiger partial charge in [0.25, 0.3) is 5.91 Å². The van der Waals surface area contributed by atoms with Gasteiger partial charge in [-0.2, -0.15) is 0 Å². The number of ether oxygens (including phenoxy) is 2. The SMILES string of the molecule is CCCOc1ccccc1OCC(=O)NC(C)c1cccs1. The van der Waals surface area contributed by atoms with Crippen molar-refractivity contribution in [2.75, 3.05) is 13.2 Å². The number of rotatable bonds is 8. The Balaban J connectivity index is 1.86. The number of hydrogen-bond acceptors (Lipinski definition) is 4. The Hall–Kier alpha value is -2.01. The normalized spacial score (nSPS) is 11.7. The first-order valence-electron chi connectivity index (χ1n) is 7.38. The van der Waals surface area contributed by atoms with Crippen molar-refractivity contribution in [1.29, 1.82) is 0 Å². The summed E-state index contributed by atoms with van der Waals surface area (Å²) in [6, 6.07) is 11.4. The van der Waals surface area contributed by atoms with Crippen LogP contribution in [0.25, 0.3) is 0 Å². The Morgan fingerprint density at radius 2 is 1.91 bits per heavy atom. The van der Waals surface area contributed by atoms with E-state index in [-0.39, 0.29) is 18.6 Å². The average molecular weight is 319 g/mol. The summed E-state index contributed by atoms with van der Waals surface area (Å²) < 4.78 is 11.2. The molecule has 0 saturated carbocycles. The fraction of sp³-hybridized carbons (Fsp3) is 0.353. The summed E-state index contributed by atoms with van der Waals surface area (Å²) in [6.07, 6.45) is 0.924. The van der Waals surface area contributed by atoms with Gasteiger partial charge < -0.3 is 14.8 Å². The highest BCUT2D eigenvalue weighted by Gasteiger charge is 2.12. The summed E-state index contributed by atoms with van der Waals surface area (Å²) in [5.74, 6) is 1.12. The molecule has 0 fully saturated rings. The predicted molar refractivity (Wildman–Crippen MR) is 88.6 cm³/mol. The lowest BCUT2D eigenvalue weighted by atomic mass is 10.3. The quantitative estimate of drug-likeness (QED) is 0.805. The molecule has 4 nitrogen and oxygen atoms in total. The van der Waals surface area contributed by atoms with Gasteiger partial charge in [-0.3, -0.25) is 4.79 Å². The molecule has 0 radical (unpaired) electrons. The van der Waals surface area contributed by atoms with Crippen LogP contribution in [0.2, 0.25) is 0 Å². The number of benzene rings is 1. The molecule has 0 bridgehead atoms. The summed E-state index contributed by atoms with van der Waals surface area (Å²) in [5.41, 5.74) is 0. The lowest BCUT2D eigenvalue weighted by Gasteiger charge is -2.14. The van der Waals surface area contributed by atoms with Crippen LogP contribution in [0.5, 0.6) is 11.5 Å².